The van der Waals surface area contributed by atoms with Gasteiger partial charge in [0.2, 0.25) is 0 Å². The van der Waals surface area contributed by atoms with Crippen molar-refractivity contribution in [2.24, 2.45) is 0 Å². The molecule has 0 aromatic heterocycles. The first-order valence-electron chi connectivity index (χ1n) is 6.02. The van der Waals surface area contributed by atoms with Crippen LogP contribution in [0.25, 0.3) is 0 Å². The van der Waals surface area contributed by atoms with E-state index in [0.717, 1.165) is 25.9 Å². The Kier molecular flexibility index (Phi) is 4.11. The molecule has 0 radical (unpaired) electrons. The zero-order valence-corrected chi connectivity index (χ0v) is 9.52. The topological polar surface area (TPSA) is 26.3 Å². The van der Waals surface area contributed by atoms with E-state index in [1.54, 1.807) is 0 Å². The Balaban J connectivity index is 1.71. The molecule has 0 bridgehead atoms. The molecule has 2 heteroatoms. The molecule has 1 fully saturated rings. The highest BCUT2D eigenvalue weighted by Gasteiger charge is 2.18. The predicted molar refractivity (Wildman–Crippen MR) is 63.4 cm³/mol. The first kappa shape index (κ1) is 11.3. The minimum absolute atomic E-state index is 0.197. The molecule has 1 aliphatic rings. The van der Waals surface area contributed by atoms with Crippen LogP contribution in [0.3, 0.4) is 0 Å². The Morgan fingerprint density at radius 1 is 1.31 bits per heavy atom. The number of hydrogen-bond donors (Lipinski definition) is 0. The maximum absolute atomic E-state index is 11.7. The Bertz CT molecular complexity index is 326. The van der Waals surface area contributed by atoms with Gasteiger partial charge in [0.15, 0.2) is 0 Å². The molecule has 1 heterocycles. The molecule has 1 aromatic rings. The van der Waals surface area contributed by atoms with Gasteiger partial charge < -0.3 is 4.74 Å². The van der Waals surface area contributed by atoms with Crippen molar-refractivity contribution in [3.8, 4) is 0 Å². The summed E-state index contributed by atoms with van der Waals surface area (Å²) in [6.45, 7) is 0.830. The molecule has 1 saturated heterocycles. The van der Waals surface area contributed by atoms with Gasteiger partial charge in [-0.25, -0.2) is 0 Å². The number of aryl methyl sites for hydroxylation is 1. The molecule has 0 amide bonds. The number of ether oxygens (including phenoxy) is 1. The van der Waals surface area contributed by atoms with Crippen LogP contribution in [0.4, 0.5) is 0 Å². The number of carbonyl (C=O) groups excluding carboxylic acids is 1. The summed E-state index contributed by atoms with van der Waals surface area (Å²) in [6.07, 6.45) is 4.46. The second kappa shape index (κ2) is 5.80. The van der Waals surface area contributed by atoms with Crippen LogP contribution in [0.15, 0.2) is 30.3 Å². The molecule has 0 unspecified atom stereocenters. The predicted octanol–water partition coefficient (Wildman–Crippen LogP) is 2.76. The summed E-state index contributed by atoms with van der Waals surface area (Å²) >= 11 is 0. The number of carbonyl (C=O) groups is 1. The standard InChI is InChI=1S/C14H18O2/c15-13(11-14-7-4-10-16-14)9-8-12-5-2-1-3-6-12/h1-3,5-6,14H,4,7-11H2/t14-/m0/s1. The van der Waals surface area contributed by atoms with E-state index in [1.165, 1.54) is 5.56 Å². The molecule has 16 heavy (non-hydrogen) atoms. The molecule has 0 saturated carbocycles. The normalized spacial score (nSPS) is 19.9. The van der Waals surface area contributed by atoms with Gasteiger partial charge in [-0.15, -0.1) is 0 Å². The highest BCUT2D eigenvalue weighted by Crippen LogP contribution is 2.16. The third kappa shape index (κ3) is 3.46. The second-order valence-electron chi connectivity index (χ2n) is 4.36. The van der Waals surface area contributed by atoms with Gasteiger partial charge >= 0.3 is 0 Å². The lowest BCUT2D eigenvalue weighted by molar-refractivity contribution is -0.121. The van der Waals surface area contributed by atoms with Gasteiger partial charge in [0, 0.05) is 19.4 Å². The summed E-state index contributed by atoms with van der Waals surface area (Å²) in [5.74, 6) is 0.329. The Labute approximate surface area is 96.6 Å². The van der Waals surface area contributed by atoms with E-state index in [2.05, 4.69) is 12.1 Å². The first-order valence-corrected chi connectivity index (χ1v) is 6.02. The fraction of sp³-hybridized carbons (Fsp3) is 0.500. The number of Topliss-reactive ketones (excluding diaryl/α,β-unsaturated/α-hetero) is 1. The van der Waals surface area contributed by atoms with Crippen LogP contribution in [0.2, 0.25) is 0 Å². The molecular weight excluding hydrogens is 200 g/mol. The quantitative estimate of drug-likeness (QED) is 0.759. The van der Waals surface area contributed by atoms with Crippen molar-refractivity contribution in [3.05, 3.63) is 35.9 Å². The van der Waals surface area contributed by atoms with Crippen molar-refractivity contribution in [1.82, 2.24) is 0 Å². The number of ketones is 1. The van der Waals surface area contributed by atoms with Crippen LogP contribution in [0.1, 0.15) is 31.2 Å². The van der Waals surface area contributed by atoms with E-state index in [9.17, 15) is 4.79 Å². The number of hydrogen-bond acceptors (Lipinski definition) is 2. The molecule has 0 spiro atoms. The van der Waals surface area contributed by atoms with E-state index in [4.69, 9.17) is 4.74 Å². The second-order valence-corrected chi connectivity index (χ2v) is 4.36. The largest absolute Gasteiger partial charge is 0.378 e. The van der Waals surface area contributed by atoms with Gasteiger partial charge in [0.05, 0.1) is 6.10 Å². The van der Waals surface area contributed by atoms with Gasteiger partial charge in [-0.1, -0.05) is 30.3 Å². The summed E-state index contributed by atoms with van der Waals surface area (Å²) < 4.78 is 5.45. The average Bonchev–Trinajstić information content (AvgIpc) is 2.81. The smallest absolute Gasteiger partial charge is 0.135 e. The maximum atomic E-state index is 11.7. The molecule has 1 aliphatic heterocycles. The van der Waals surface area contributed by atoms with Gasteiger partial charge in [-0.3, -0.25) is 4.79 Å². The molecule has 1 aromatic carbocycles. The van der Waals surface area contributed by atoms with Gasteiger partial charge in [0.1, 0.15) is 5.78 Å². The summed E-state index contributed by atoms with van der Waals surface area (Å²) in [6, 6.07) is 10.2. The molecule has 2 nitrogen and oxygen atoms in total. The average molecular weight is 218 g/mol. The molecule has 0 N–H and O–H groups in total. The molecule has 86 valence electrons. The third-order valence-corrected chi connectivity index (χ3v) is 3.01. The molecule has 1 atom stereocenters. The summed E-state index contributed by atoms with van der Waals surface area (Å²) in [5.41, 5.74) is 1.24. The lowest BCUT2D eigenvalue weighted by Crippen LogP contribution is -2.12. The lowest BCUT2D eigenvalue weighted by atomic mass is 10.0. The molecular formula is C14H18O2. The van der Waals surface area contributed by atoms with E-state index < -0.39 is 0 Å². The number of benzene rings is 1. The van der Waals surface area contributed by atoms with Gasteiger partial charge in [0.25, 0.3) is 0 Å². The van der Waals surface area contributed by atoms with Crippen LogP contribution < -0.4 is 0 Å². The molecule has 2 rings (SSSR count). The lowest BCUT2D eigenvalue weighted by Gasteiger charge is -2.07. The fourth-order valence-electron chi connectivity index (χ4n) is 2.09. The summed E-state index contributed by atoms with van der Waals surface area (Å²) in [5, 5.41) is 0. The van der Waals surface area contributed by atoms with Gasteiger partial charge in [-0.05, 0) is 24.8 Å². The first-order chi connectivity index (χ1) is 7.84. The maximum Gasteiger partial charge on any atom is 0.135 e. The Morgan fingerprint density at radius 2 is 2.12 bits per heavy atom. The van der Waals surface area contributed by atoms with Crippen molar-refractivity contribution in [1.29, 1.82) is 0 Å². The van der Waals surface area contributed by atoms with E-state index >= 15 is 0 Å². The van der Waals surface area contributed by atoms with Crippen LogP contribution in [0.5, 0.6) is 0 Å². The SMILES string of the molecule is O=C(CCc1ccccc1)C[C@@H]1CCCO1. The van der Waals surface area contributed by atoms with Crippen molar-refractivity contribution >= 4 is 5.78 Å². The van der Waals surface area contributed by atoms with Crippen LogP contribution >= 0.6 is 0 Å². The zero-order valence-electron chi connectivity index (χ0n) is 9.52. The van der Waals surface area contributed by atoms with Crippen molar-refractivity contribution in [2.45, 2.75) is 38.2 Å². The van der Waals surface area contributed by atoms with Crippen molar-refractivity contribution < 1.29 is 9.53 Å². The minimum Gasteiger partial charge on any atom is -0.378 e. The Hall–Kier alpha value is -1.15. The zero-order chi connectivity index (χ0) is 11.2. The summed E-state index contributed by atoms with van der Waals surface area (Å²) in [7, 11) is 0. The highest BCUT2D eigenvalue weighted by atomic mass is 16.5. The summed E-state index contributed by atoms with van der Waals surface area (Å²) in [4.78, 5) is 11.7. The van der Waals surface area contributed by atoms with Crippen molar-refractivity contribution in [2.75, 3.05) is 6.61 Å². The van der Waals surface area contributed by atoms with E-state index in [-0.39, 0.29) is 6.10 Å². The van der Waals surface area contributed by atoms with E-state index in [0.29, 0.717) is 18.6 Å². The number of rotatable bonds is 5. The fourth-order valence-corrected chi connectivity index (χ4v) is 2.09. The highest BCUT2D eigenvalue weighted by molar-refractivity contribution is 5.79. The third-order valence-electron chi connectivity index (χ3n) is 3.01. The van der Waals surface area contributed by atoms with Crippen LogP contribution in [-0.2, 0) is 16.0 Å². The van der Waals surface area contributed by atoms with E-state index in [1.807, 2.05) is 18.2 Å². The van der Waals surface area contributed by atoms with Gasteiger partial charge in [-0.2, -0.15) is 0 Å². The van der Waals surface area contributed by atoms with Crippen molar-refractivity contribution in [3.63, 3.8) is 0 Å². The monoisotopic (exact) mass is 218 g/mol. The molecule has 0 aliphatic carbocycles. The minimum atomic E-state index is 0.197. The Morgan fingerprint density at radius 3 is 2.81 bits per heavy atom. The van der Waals surface area contributed by atoms with Crippen LogP contribution in [0, 0.1) is 0 Å². The van der Waals surface area contributed by atoms with Crippen LogP contribution in [-0.4, -0.2) is 18.5 Å².